The number of Topliss-reactive ketones (excluding diaryl/α,β-unsaturated/α-hetero) is 1. The van der Waals surface area contributed by atoms with Gasteiger partial charge in [0.05, 0.1) is 0 Å². The Morgan fingerprint density at radius 1 is 1.14 bits per heavy atom. The minimum Gasteiger partial charge on any atom is -0.352 e. The van der Waals surface area contributed by atoms with E-state index < -0.39 is 0 Å². The number of carbonyl (C=O) groups excluding carboxylic acids is 2. The number of benzene rings is 1. The van der Waals surface area contributed by atoms with E-state index in [1.54, 1.807) is 0 Å². The normalized spacial score (nSPS) is 25.9. The van der Waals surface area contributed by atoms with Crippen molar-refractivity contribution in [3.8, 4) is 0 Å². The summed E-state index contributed by atoms with van der Waals surface area (Å²) in [4.78, 5) is 26.5. The lowest BCUT2D eigenvalue weighted by atomic mass is 9.80. The largest absolute Gasteiger partial charge is 0.352 e. The average molecular weight is 384 g/mol. The highest BCUT2D eigenvalue weighted by atomic mass is 16.1. The second-order valence-electron chi connectivity index (χ2n) is 8.75. The first-order valence-electron chi connectivity index (χ1n) is 11.0. The van der Waals surface area contributed by atoms with Gasteiger partial charge in [-0.1, -0.05) is 18.2 Å². The fourth-order valence-corrected chi connectivity index (χ4v) is 4.96. The van der Waals surface area contributed by atoms with Gasteiger partial charge in [0.1, 0.15) is 5.78 Å². The molecule has 2 unspecified atom stereocenters. The molecule has 0 bridgehead atoms. The molecular formula is C23H33N3O2. The Morgan fingerprint density at radius 3 is 2.79 bits per heavy atom. The molecule has 0 radical (unpaired) electrons. The molecule has 152 valence electrons. The predicted octanol–water partition coefficient (Wildman–Crippen LogP) is 2.53. The number of rotatable bonds is 5. The molecule has 4 rings (SSSR count). The second kappa shape index (κ2) is 9.19. The van der Waals surface area contributed by atoms with Gasteiger partial charge < -0.3 is 10.6 Å². The maximum Gasteiger partial charge on any atom is 0.220 e. The second-order valence-corrected chi connectivity index (χ2v) is 8.75. The highest BCUT2D eigenvalue weighted by Gasteiger charge is 2.25. The highest BCUT2D eigenvalue weighted by molar-refractivity contribution is 5.79. The van der Waals surface area contributed by atoms with Crippen molar-refractivity contribution in [3.05, 3.63) is 34.9 Å². The lowest BCUT2D eigenvalue weighted by molar-refractivity contribution is -0.122. The van der Waals surface area contributed by atoms with E-state index >= 15 is 0 Å². The summed E-state index contributed by atoms with van der Waals surface area (Å²) < 4.78 is 0. The molecule has 28 heavy (non-hydrogen) atoms. The standard InChI is InChI=1S/C23H33N3O2/c27-21-8-11-26(12-9-21)16-17-6-7-18-3-1-4-19(22(18)13-17)14-23(28)25-20-5-2-10-24-15-20/h6-7,13,19-20,24H,1-5,8-12,14-16H2,(H,25,28). The van der Waals surface area contributed by atoms with Crippen molar-refractivity contribution in [2.45, 2.75) is 69.9 Å². The van der Waals surface area contributed by atoms with Gasteiger partial charge >= 0.3 is 0 Å². The van der Waals surface area contributed by atoms with E-state index in [9.17, 15) is 9.59 Å². The van der Waals surface area contributed by atoms with Crippen LogP contribution >= 0.6 is 0 Å². The Morgan fingerprint density at radius 2 is 2.00 bits per heavy atom. The van der Waals surface area contributed by atoms with Gasteiger partial charge in [0, 0.05) is 51.5 Å². The number of piperidine rings is 2. The molecule has 3 aliphatic rings. The zero-order valence-electron chi connectivity index (χ0n) is 16.8. The van der Waals surface area contributed by atoms with Crippen LogP contribution in [0.25, 0.3) is 0 Å². The van der Waals surface area contributed by atoms with Crippen molar-refractivity contribution in [2.24, 2.45) is 0 Å². The fourth-order valence-electron chi connectivity index (χ4n) is 4.96. The van der Waals surface area contributed by atoms with Crippen molar-refractivity contribution in [3.63, 3.8) is 0 Å². The van der Waals surface area contributed by atoms with Crippen LogP contribution in [0.2, 0.25) is 0 Å². The van der Waals surface area contributed by atoms with E-state index in [0.29, 0.717) is 31.0 Å². The van der Waals surface area contributed by atoms with Crippen LogP contribution in [-0.2, 0) is 22.6 Å². The summed E-state index contributed by atoms with van der Waals surface area (Å²) in [5.74, 6) is 0.926. The highest BCUT2D eigenvalue weighted by Crippen LogP contribution is 2.35. The van der Waals surface area contributed by atoms with E-state index in [2.05, 4.69) is 33.7 Å². The fraction of sp³-hybridized carbons (Fsp3) is 0.652. The molecule has 0 aromatic heterocycles. The van der Waals surface area contributed by atoms with Gasteiger partial charge in [0.25, 0.3) is 0 Å². The van der Waals surface area contributed by atoms with Crippen molar-refractivity contribution < 1.29 is 9.59 Å². The summed E-state index contributed by atoms with van der Waals surface area (Å²) in [7, 11) is 0. The molecule has 2 aliphatic heterocycles. The van der Waals surface area contributed by atoms with Crippen LogP contribution < -0.4 is 10.6 Å². The van der Waals surface area contributed by atoms with E-state index in [1.165, 1.54) is 23.1 Å². The number of likely N-dealkylation sites (tertiary alicyclic amines) is 1. The van der Waals surface area contributed by atoms with Crippen LogP contribution in [0.1, 0.15) is 67.6 Å². The smallest absolute Gasteiger partial charge is 0.220 e. The SMILES string of the molecule is O=C1CCN(Cc2ccc3c(c2)C(CC(=O)NC2CCCNC2)CCC3)CC1. The average Bonchev–Trinajstić information content (AvgIpc) is 2.71. The summed E-state index contributed by atoms with van der Waals surface area (Å²) in [5, 5.41) is 6.61. The van der Waals surface area contributed by atoms with Crippen molar-refractivity contribution in [1.29, 1.82) is 0 Å². The summed E-state index contributed by atoms with van der Waals surface area (Å²) >= 11 is 0. The maximum atomic E-state index is 12.6. The molecule has 1 aliphatic carbocycles. The Hall–Kier alpha value is -1.72. The lowest BCUT2D eigenvalue weighted by Gasteiger charge is -2.29. The lowest BCUT2D eigenvalue weighted by Crippen LogP contribution is -2.45. The van der Waals surface area contributed by atoms with Gasteiger partial charge in [-0.25, -0.2) is 0 Å². The topological polar surface area (TPSA) is 61.4 Å². The summed E-state index contributed by atoms with van der Waals surface area (Å²) in [5.41, 5.74) is 4.12. The third-order valence-electron chi connectivity index (χ3n) is 6.56. The third-order valence-corrected chi connectivity index (χ3v) is 6.56. The molecule has 5 nitrogen and oxygen atoms in total. The minimum absolute atomic E-state index is 0.200. The molecule has 1 aromatic rings. The molecule has 2 saturated heterocycles. The van der Waals surface area contributed by atoms with Crippen LogP contribution in [-0.4, -0.2) is 48.8 Å². The third kappa shape index (κ3) is 5.00. The number of amides is 1. The number of hydrogen-bond donors (Lipinski definition) is 2. The van der Waals surface area contributed by atoms with Gasteiger partial charge in [-0.15, -0.1) is 0 Å². The molecule has 2 heterocycles. The molecule has 5 heteroatoms. The van der Waals surface area contributed by atoms with Crippen molar-refractivity contribution >= 4 is 11.7 Å². The first-order chi connectivity index (χ1) is 13.7. The molecule has 2 N–H and O–H groups in total. The summed E-state index contributed by atoms with van der Waals surface area (Å²) in [6.07, 6.45) is 7.59. The number of aryl methyl sites for hydroxylation is 1. The quantitative estimate of drug-likeness (QED) is 0.820. The Balaban J connectivity index is 1.39. The van der Waals surface area contributed by atoms with E-state index in [1.807, 2.05) is 0 Å². The van der Waals surface area contributed by atoms with E-state index in [-0.39, 0.29) is 11.9 Å². The van der Waals surface area contributed by atoms with E-state index in [4.69, 9.17) is 0 Å². The number of carbonyl (C=O) groups is 2. The van der Waals surface area contributed by atoms with Gasteiger partial charge in [-0.2, -0.15) is 0 Å². The minimum atomic E-state index is 0.200. The number of hydrogen-bond acceptors (Lipinski definition) is 4. The van der Waals surface area contributed by atoms with Crippen molar-refractivity contribution in [2.75, 3.05) is 26.2 Å². The van der Waals surface area contributed by atoms with E-state index in [0.717, 1.165) is 58.4 Å². The number of ketones is 1. The molecule has 2 fully saturated rings. The number of nitrogens with zero attached hydrogens (tertiary/aromatic N) is 1. The van der Waals surface area contributed by atoms with Gasteiger partial charge in [0.2, 0.25) is 5.91 Å². The predicted molar refractivity (Wildman–Crippen MR) is 110 cm³/mol. The molecule has 1 amide bonds. The zero-order valence-corrected chi connectivity index (χ0v) is 16.8. The first-order valence-corrected chi connectivity index (χ1v) is 11.0. The maximum absolute atomic E-state index is 12.6. The van der Waals surface area contributed by atoms with Crippen molar-refractivity contribution in [1.82, 2.24) is 15.5 Å². The van der Waals surface area contributed by atoms with Gasteiger partial charge in [0.15, 0.2) is 0 Å². The van der Waals surface area contributed by atoms with Crippen LogP contribution in [0.3, 0.4) is 0 Å². The van der Waals surface area contributed by atoms with Crippen LogP contribution in [0.4, 0.5) is 0 Å². The molecular weight excluding hydrogens is 350 g/mol. The molecule has 0 spiro atoms. The Labute approximate surface area is 168 Å². The zero-order chi connectivity index (χ0) is 19.3. The monoisotopic (exact) mass is 383 g/mol. The first kappa shape index (κ1) is 19.6. The van der Waals surface area contributed by atoms with Crippen LogP contribution in [0.15, 0.2) is 18.2 Å². The number of fused-ring (bicyclic) bond motifs is 1. The Bertz CT molecular complexity index is 702. The summed E-state index contributed by atoms with van der Waals surface area (Å²) in [6, 6.07) is 7.14. The molecule has 2 atom stereocenters. The Kier molecular flexibility index (Phi) is 6.43. The summed E-state index contributed by atoms with van der Waals surface area (Å²) in [6.45, 7) is 4.62. The molecule has 1 aromatic carbocycles. The van der Waals surface area contributed by atoms with Gasteiger partial charge in [-0.05, 0) is 61.3 Å². The van der Waals surface area contributed by atoms with Crippen LogP contribution in [0.5, 0.6) is 0 Å². The van der Waals surface area contributed by atoms with Gasteiger partial charge in [-0.3, -0.25) is 14.5 Å². The number of nitrogens with one attached hydrogen (secondary N) is 2. The van der Waals surface area contributed by atoms with Crippen LogP contribution in [0, 0.1) is 0 Å². The molecule has 0 saturated carbocycles.